The number of aromatic nitrogens is 2. The highest BCUT2D eigenvalue weighted by Crippen LogP contribution is 2.36. The van der Waals surface area contributed by atoms with Crippen LogP contribution < -0.4 is 0 Å². The fraction of sp³-hybridized carbons (Fsp3) is 0.333. The van der Waals surface area contributed by atoms with Crippen LogP contribution in [0.4, 0.5) is 13.2 Å². The van der Waals surface area contributed by atoms with E-state index in [1.807, 2.05) is 0 Å². The van der Waals surface area contributed by atoms with Gasteiger partial charge in [0.2, 0.25) is 0 Å². The summed E-state index contributed by atoms with van der Waals surface area (Å²) in [6.45, 7) is 0. The zero-order valence-electron chi connectivity index (χ0n) is 6.69. The fourth-order valence-electron chi connectivity index (χ4n) is 0.680. The largest absolute Gasteiger partial charge is 0.435 e. The summed E-state index contributed by atoms with van der Waals surface area (Å²) in [7, 11) is 0. The van der Waals surface area contributed by atoms with Crippen molar-refractivity contribution in [1.29, 1.82) is 0 Å². The number of halogens is 5. The molecule has 2 nitrogen and oxygen atoms in total. The zero-order valence-corrected chi connectivity index (χ0v) is 9.02. The summed E-state index contributed by atoms with van der Waals surface area (Å²) >= 11 is 11.7. The Bertz CT molecular complexity index is 356. The first-order valence-corrected chi connectivity index (χ1v) is 5.18. The van der Waals surface area contributed by atoms with Gasteiger partial charge in [0.25, 0.3) is 0 Å². The standard InChI is InChI=1S/C6H3Cl2F3N2S/c1-14-5-12-3(6(9,10)11)2(7)4(8)13-5/h1H3. The highest BCUT2D eigenvalue weighted by atomic mass is 35.5. The van der Waals surface area contributed by atoms with E-state index in [1.54, 1.807) is 6.26 Å². The Balaban J connectivity index is 3.35. The zero-order chi connectivity index (χ0) is 10.9. The van der Waals surface area contributed by atoms with Crippen LogP contribution in [0.2, 0.25) is 10.2 Å². The molecule has 0 spiro atoms. The Hall–Kier alpha value is -0.200. The number of alkyl halides is 3. The van der Waals surface area contributed by atoms with Crippen molar-refractivity contribution in [1.82, 2.24) is 9.97 Å². The van der Waals surface area contributed by atoms with Crippen LogP contribution in [0.3, 0.4) is 0 Å². The van der Waals surface area contributed by atoms with Crippen molar-refractivity contribution >= 4 is 35.0 Å². The summed E-state index contributed by atoms with van der Waals surface area (Å²) in [6.07, 6.45) is -3.08. The molecule has 0 N–H and O–H groups in total. The van der Waals surface area contributed by atoms with Gasteiger partial charge in [-0.05, 0) is 6.26 Å². The molecule has 78 valence electrons. The van der Waals surface area contributed by atoms with Gasteiger partial charge < -0.3 is 0 Å². The molecular weight excluding hydrogens is 260 g/mol. The smallest absolute Gasteiger partial charge is 0.216 e. The van der Waals surface area contributed by atoms with Crippen molar-refractivity contribution < 1.29 is 13.2 Å². The second kappa shape index (κ2) is 4.12. The normalized spacial score (nSPS) is 11.9. The number of hydrogen-bond acceptors (Lipinski definition) is 3. The molecule has 0 unspecified atom stereocenters. The molecule has 0 radical (unpaired) electrons. The average Bonchev–Trinajstić information content (AvgIpc) is 2.07. The quantitative estimate of drug-likeness (QED) is 0.440. The highest BCUT2D eigenvalue weighted by Gasteiger charge is 2.37. The minimum atomic E-state index is -4.62. The molecule has 0 aliphatic carbocycles. The fourth-order valence-corrected chi connectivity index (χ4v) is 1.46. The first-order valence-electron chi connectivity index (χ1n) is 3.20. The second-order valence-corrected chi connectivity index (χ2v) is 3.67. The number of thioether (sulfide) groups is 1. The van der Waals surface area contributed by atoms with Crippen molar-refractivity contribution in [2.45, 2.75) is 11.3 Å². The van der Waals surface area contributed by atoms with E-state index in [1.165, 1.54) is 0 Å². The Kier molecular flexibility index (Phi) is 3.49. The van der Waals surface area contributed by atoms with Crippen LogP contribution >= 0.6 is 35.0 Å². The van der Waals surface area contributed by atoms with Gasteiger partial charge in [-0.3, -0.25) is 0 Å². The van der Waals surface area contributed by atoms with E-state index in [-0.39, 0.29) is 5.16 Å². The van der Waals surface area contributed by atoms with E-state index in [4.69, 9.17) is 23.2 Å². The van der Waals surface area contributed by atoms with Crippen LogP contribution in [0.5, 0.6) is 0 Å². The van der Waals surface area contributed by atoms with Gasteiger partial charge in [-0.15, -0.1) is 0 Å². The van der Waals surface area contributed by atoms with Crippen LogP contribution in [-0.4, -0.2) is 16.2 Å². The topological polar surface area (TPSA) is 25.8 Å². The Labute approximate surface area is 91.8 Å². The molecule has 0 bridgehead atoms. The average molecular weight is 263 g/mol. The van der Waals surface area contributed by atoms with Crippen LogP contribution in [0.25, 0.3) is 0 Å². The molecule has 1 rings (SSSR count). The minimum absolute atomic E-state index is 0.0632. The van der Waals surface area contributed by atoms with Gasteiger partial charge in [-0.25, -0.2) is 9.97 Å². The monoisotopic (exact) mass is 262 g/mol. The van der Waals surface area contributed by atoms with Gasteiger partial charge in [0.05, 0.1) is 0 Å². The van der Waals surface area contributed by atoms with Crippen molar-refractivity contribution in [2.24, 2.45) is 0 Å². The number of nitrogens with zero attached hydrogens (tertiary/aromatic N) is 2. The Morgan fingerprint density at radius 3 is 2.21 bits per heavy atom. The van der Waals surface area contributed by atoms with Crippen LogP contribution in [-0.2, 0) is 6.18 Å². The molecule has 14 heavy (non-hydrogen) atoms. The molecule has 1 aromatic heterocycles. The van der Waals surface area contributed by atoms with Gasteiger partial charge in [0.1, 0.15) is 5.02 Å². The molecule has 0 aliphatic rings. The van der Waals surface area contributed by atoms with Gasteiger partial charge in [-0.1, -0.05) is 35.0 Å². The second-order valence-electron chi connectivity index (χ2n) is 2.16. The van der Waals surface area contributed by atoms with Crippen LogP contribution in [0, 0.1) is 0 Å². The third-order valence-corrected chi connectivity index (χ3v) is 2.52. The number of rotatable bonds is 1. The molecule has 0 aromatic carbocycles. The summed E-state index contributed by atoms with van der Waals surface area (Å²) in [4.78, 5) is 6.78. The molecule has 0 amide bonds. The molecule has 0 saturated heterocycles. The number of hydrogen-bond donors (Lipinski definition) is 0. The van der Waals surface area contributed by atoms with Gasteiger partial charge in [0.15, 0.2) is 16.0 Å². The Morgan fingerprint density at radius 2 is 1.79 bits per heavy atom. The lowest BCUT2D eigenvalue weighted by molar-refractivity contribution is -0.141. The molecule has 0 fully saturated rings. The van der Waals surface area contributed by atoms with Gasteiger partial charge in [-0.2, -0.15) is 13.2 Å². The lowest BCUT2D eigenvalue weighted by Gasteiger charge is -2.09. The lowest BCUT2D eigenvalue weighted by atomic mass is 10.4. The van der Waals surface area contributed by atoms with Gasteiger partial charge >= 0.3 is 6.18 Å². The Morgan fingerprint density at radius 1 is 1.21 bits per heavy atom. The molecule has 0 saturated carbocycles. The van der Waals surface area contributed by atoms with Crippen LogP contribution in [0.15, 0.2) is 5.16 Å². The molecule has 0 atom stereocenters. The maximum atomic E-state index is 12.3. The summed E-state index contributed by atoms with van der Waals surface area (Å²) in [5.74, 6) is 0. The van der Waals surface area contributed by atoms with Crippen molar-refractivity contribution in [3.05, 3.63) is 15.9 Å². The third kappa shape index (κ3) is 2.43. The van der Waals surface area contributed by atoms with E-state index < -0.39 is 22.0 Å². The molecule has 1 aromatic rings. The van der Waals surface area contributed by atoms with E-state index in [2.05, 4.69) is 9.97 Å². The van der Waals surface area contributed by atoms with Gasteiger partial charge in [0, 0.05) is 0 Å². The van der Waals surface area contributed by atoms with E-state index in [0.29, 0.717) is 0 Å². The van der Waals surface area contributed by atoms with Crippen molar-refractivity contribution in [3.63, 3.8) is 0 Å². The van der Waals surface area contributed by atoms with Crippen molar-refractivity contribution in [3.8, 4) is 0 Å². The molecule has 8 heteroatoms. The van der Waals surface area contributed by atoms with E-state index in [0.717, 1.165) is 11.8 Å². The maximum absolute atomic E-state index is 12.3. The molecule has 0 aliphatic heterocycles. The first kappa shape index (κ1) is 11.9. The molecule has 1 heterocycles. The maximum Gasteiger partial charge on any atom is 0.435 e. The minimum Gasteiger partial charge on any atom is -0.216 e. The predicted octanol–water partition coefficient (Wildman–Crippen LogP) is 3.52. The summed E-state index contributed by atoms with van der Waals surface area (Å²) in [6, 6.07) is 0. The first-order chi connectivity index (χ1) is 6.36. The summed E-state index contributed by atoms with van der Waals surface area (Å²) < 4.78 is 36.9. The summed E-state index contributed by atoms with van der Waals surface area (Å²) in [5, 5.41) is -1.12. The van der Waals surface area contributed by atoms with Crippen LogP contribution in [0.1, 0.15) is 5.69 Å². The van der Waals surface area contributed by atoms with E-state index in [9.17, 15) is 13.2 Å². The lowest BCUT2D eigenvalue weighted by Crippen LogP contribution is -2.10. The highest BCUT2D eigenvalue weighted by molar-refractivity contribution is 7.98. The predicted molar refractivity (Wildman–Crippen MR) is 48.8 cm³/mol. The third-order valence-electron chi connectivity index (χ3n) is 1.24. The molecular formula is C6H3Cl2F3N2S. The van der Waals surface area contributed by atoms with Crippen molar-refractivity contribution in [2.75, 3.05) is 6.26 Å². The van der Waals surface area contributed by atoms with E-state index >= 15 is 0 Å². The SMILES string of the molecule is CSc1nc(Cl)c(Cl)c(C(F)(F)F)n1. The summed E-state index contributed by atoms with van der Waals surface area (Å²) in [5.41, 5.74) is -1.21.